The van der Waals surface area contributed by atoms with Gasteiger partial charge in [-0.15, -0.1) is 11.3 Å². The molecule has 3 aromatic heterocycles. The van der Waals surface area contributed by atoms with E-state index in [0.29, 0.717) is 18.1 Å². The van der Waals surface area contributed by atoms with Gasteiger partial charge in [-0.2, -0.15) is 5.10 Å². The summed E-state index contributed by atoms with van der Waals surface area (Å²) in [5.41, 5.74) is 0.810. The molecule has 0 aliphatic heterocycles. The Bertz CT molecular complexity index is 778. The number of hydrogen-bond acceptors (Lipinski definition) is 6. The van der Waals surface area contributed by atoms with E-state index in [0.717, 1.165) is 17.2 Å². The third-order valence-corrected chi connectivity index (χ3v) is 4.37. The second-order valence-electron chi connectivity index (χ2n) is 5.27. The van der Waals surface area contributed by atoms with E-state index in [2.05, 4.69) is 27.3 Å². The number of aromatic nitrogens is 4. The van der Waals surface area contributed by atoms with Crippen molar-refractivity contribution in [2.24, 2.45) is 0 Å². The zero-order valence-electron chi connectivity index (χ0n) is 12.9. The molecule has 8 heteroatoms. The Kier molecular flexibility index (Phi) is 4.52. The van der Waals surface area contributed by atoms with Crippen molar-refractivity contribution in [3.05, 3.63) is 40.9 Å². The molecule has 120 valence electrons. The molecule has 0 unspecified atom stereocenters. The summed E-state index contributed by atoms with van der Waals surface area (Å²) < 4.78 is 7.52. The molecule has 7 nitrogen and oxygen atoms in total. The molecule has 1 amide bonds. The van der Waals surface area contributed by atoms with Gasteiger partial charge in [-0.1, -0.05) is 6.92 Å². The van der Waals surface area contributed by atoms with Crippen molar-refractivity contribution >= 4 is 17.2 Å². The van der Waals surface area contributed by atoms with Crippen LogP contribution in [0.1, 0.15) is 30.5 Å². The predicted octanol–water partition coefficient (Wildman–Crippen LogP) is 2.43. The molecule has 3 aromatic rings. The molecule has 23 heavy (non-hydrogen) atoms. The second-order valence-corrected chi connectivity index (χ2v) is 6.15. The van der Waals surface area contributed by atoms with Gasteiger partial charge in [-0.3, -0.25) is 9.48 Å². The van der Waals surface area contributed by atoms with Gasteiger partial charge in [0.25, 0.3) is 0 Å². The van der Waals surface area contributed by atoms with E-state index in [1.165, 1.54) is 13.3 Å². The summed E-state index contributed by atoms with van der Waals surface area (Å²) >= 11 is 1.60. The number of carbonyl (C=O) groups excluding carboxylic acids is 1. The summed E-state index contributed by atoms with van der Waals surface area (Å²) in [4.78, 5) is 19.5. The summed E-state index contributed by atoms with van der Waals surface area (Å²) in [6.45, 7) is 4.70. The quantitative estimate of drug-likeness (QED) is 0.750. The normalized spacial score (nSPS) is 12.3. The summed E-state index contributed by atoms with van der Waals surface area (Å²) in [7, 11) is 0. The number of thiazole rings is 1. The van der Waals surface area contributed by atoms with Gasteiger partial charge in [0.1, 0.15) is 24.1 Å². The molecular weight excluding hydrogens is 314 g/mol. The lowest BCUT2D eigenvalue weighted by molar-refractivity contribution is -0.119. The van der Waals surface area contributed by atoms with Crippen LogP contribution in [0.15, 0.2) is 34.6 Å². The number of amides is 1. The van der Waals surface area contributed by atoms with Crippen LogP contribution >= 0.6 is 11.3 Å². The van der Waals surface area contributed by atoms with Crippen molar-refractivity contribution in [2.75, 3.05) is 0 Å². The van der Waals surface area contributed by atoms with Crippen LogP contribution in [0, 0.1) is 0 Å². The van der Waals surface area contributed by atoms with Crippen LogP contribution < -0.4 is 5.32 Å². The van der Waals surface area contributed by atoms with Crippen molar-refractivity contribution in [2.45, 2.75) is 32.9 Å². The smallest absolute Gasteiger partial charge is 0.217 e. The molecule has 0 radical (unpaired) electrons. The van der Waals surface area contributed by atoms with Gasteiger partial charge in [0.2, 0.25) is 5.91 Å². The number of carbonyl (C=O) groups is 1. The van der Waals surface area contributed by atoms with Crippen LogP contribution in [0.5, 0.6) is 0 Å². The Morgan fingerprint density at radius 1 is 1.48 bits per heavy atom. The van der Waals surface area contributed by atoms with Crippen molar-refractivity contribution in [3.8, 4) is 11.5 Å². The topological polar surface area (TPSA) is 85.8 Å². The van der Waals surface area contributed by atoms with E-state index in [4.69, 9.17) is 4.42 Å². The molecule has 0 aliphatic carbocycles. The molecule has 0 spiro atoms. The molecular formula is C15H17N5O2S. The highest BCUT2D eigenvalue weighted by Gasteiger charge is 2.14. The number of furan rings is 1. The van der Waals surface area contributed by atoms with Gasteiger partial charge in [0, 0.05) is 18.2 Å². The highest BCUT2D eigenvalue weighted by molar-refractivity contribution is 7.10. The minimum absolute atomic E-state index is 0.0826. The standard InChI is InChI=1S/C15H17N5O2S/c1-10(6-20-9-16-8-18-20)15-19-13(7-23-15)14-4-3-12(22-14)5-17-11(2)21/h3-4,7-10H,5-6H2,1-2H3,(H,17,21)/t10-/m0/s1. The Morgan fingerprint density at radius 3 is 3.09 bits per heavy atom. The maximum Gasteiger partial charge on any atom is 0.217 e. The lowest BCUT2D eigenvalue weighted by Crippen LogP contribution is -2.18. The highest BCUT2D eigenvalue weighted by Crippen LogP contribution is 2.28. The zero-order valence-corrected chi connectivity index (χ0v) is 13.7. The first kappa shape index (κ1) is 15.4. The van der Waals surface area contributed by atoms with E-state index in [1.54, 1.807) is 22.3 Å². The maximum atomic E-state index is 10.9. The molecule has 0 saturated carbocycles. The zero-order chi connectivity index (χ0) is 16.2. The molecule has 0 saturated heterocycles. The fraction of sp³-hybridized carbons (Fsp3) is 0.333. The first-order chi connectivity index (χ1) is 11.1. The van der Waals surface area contributed by atoms with Crippen LogP contribution in [0.25, 0.3) is 11.5 Å². The van der Waals surface area contributed by atoms with Gasteiger partial charge in [0.05, 0.1) is 18.1 Å². The van der Waals surface area contributed by atoms with Crippen LogP contribution in [0.4, 0.5) is 0 Å². The van der Waals surface area contributed by atoms with E-state index in [1.807, 2.05) is 17.5 Å². The lowest BCUT2D eigenvalue weighted by atomic mass is 10.2. The summed E-state index contributed by atoms with van der Waals surface area (Å²) in [5.74, 6) is 1.58. The average molecular weight is 331 g/mol. The second kappa shape index (κ2) is 6.74. The maximum absolute atomic E-state index is 10.9. The number of nitrogens with zero attached hydrogens (tertiary/aromatic N) is 4. The Labute approximate surface area is 137 Å². The fourth-order valence-electron chi connectivity index (χ4n) is 2.13. The van der Waals surface area contributed by atoms with Gasteiger partial charge >= 0.3 is 0 Å². The molecule has 0 aliphatic rings. The molecule has 0 fully saturated rings. The fourth-order valence-corrected chi connectivity index (χ4v) is 2.99. The van der Waals surface area contributed by atoms with E-state index in [-0.39, 0.29) is 11.8 Å². The minimum atomic E-state index is -0.0826. The molecule has 1 atom stereocenters. The number of rotatable bonds is 6. The van der Waals surface area contributed by atoms with Crippen molar-refractivity contribution in [1.82, 2.24) is 25.1 Å². The SMILES string of the molecule is CC(=O)NCc1ccc(-c2csc([C@@H](C)Cn3cncn3)n2)o1. The van der Waals surface area contributed by atoms with Crippen LogP contribution in [0.3, 0.4) is 0 Å². The lowest BCUT2D eigenvalue weighted by Gasteiger charge is -2.07. The first-order valence-corrected chi connectivity index (χ1v) is 8.11. The van der Waals surface area contributed by atoms with Crippen LogP contribution in [-0.4, -0.2) is 25.7 Å². The largest absolute Gasteiger partial charge is 0.458 e. The summed E-state index contributed by atoms with van der Waals surface area (Å²) in [5, 5.41) is 9.83. The molecule has 0 aromatic carbocycles. The van der Waals surface area contributed by atoms with Gasteiger partial charge in [-0.25, -0.2) is 9.97 Å². The van der Waals surface area contributed by atoms with Crippen LogP contribution in [-0.2, 0) is 17.9 Å². The van der Waals surface area contributed by atoms with E-state index >= 15 is 0 Å². The van der Waals surface area contributed by atoms with Crippen molar-refractivity contribution in [1.29, 1.82) is 0 Å². The van der Waals surface area contributed by atoms with Gasteiger partial charge in [-0.05, 0) is 12.1 Å². The average Bonchev–Trinajstić information content (AvgIpc) is 3.25. The Morgan fingerprint density at radius 2 is 2.35 bits per heavy atom. The number of hydrogen-bond donors (Lipinski definition) is 1. The summed E-state index contributed by atoms with van der Waals surface area (Å²) in [6, 6.07) is 3.72. The van der Waals surface area contributed by atoms with Crippen molar-refractivity contribution in [3.63, 3.8) is 0 Å². The van der Waals surface area contributed by atoms with Gasteiger partial charge < -0.3 is 9.73 Å². The Balaban J connectivity index is 1.67. The Hall–Kier alpha value is -2.48. The molecule has 3 heterocycles. The predicted molar refractivity (Wildman–Crippen MR) is 85.8 cm³/mol. The van der Waals surface area contributed by atoms with Gasteiger partial charge in [0.15, 0.2) is 5.76 Å². The molecule has 0 bridgehead atoms. The van der Waals surface area contributed by atoms with Crippen LogP contribution in [0.2, 0.25) is 0 Å². The minimum Gasteiger partial charge on any atom is -0.458 e. The molecule has 1 N–H and O–H groups in total. The van der Waals surface area contributed by atoms with E-state index < -0.39 is 0 Å². The highest BCUT2D eigenvalue weighted by atomic mass is 32.1. The third kappa shape index (κ3) is 3.84. The molecule has 3 rings (SSSR count). The monoisotopic (exact) mass is 331 g/mol. The third-order valence-electron chi connectivity index (χ3n) is 3.30. The van der Waals surface area contributed by atoms with E-state index in [9.17, 15) is 4.79 Å². The van der Waals surface area contributed by atoms with Crippen molar-refractivity contribution < 1.29 is 9.21 Å². The summed E-state index contributed by atoms with van der Waals surface area (Å²) in [6.07, 6.45) is 3.23. The first-order valence-electron chi connectivity index (χ1n) is 7.23. The number of nitrogens with one attached hydrogen (secondary N) is 1.